The smallest absolute Gasteiger partial charge is 0.353 e. The highest BCUT2D eigenvalue weighted by molar-refractivity contribution is 5.80. The van der Waals surface area contributed by atoms with Gasteiger partial charge in [-0.25, -0.2) is 25.9 Å². The zero-order chi connectivity index (χ0) is 10.8. The van der Waals surface area contributed by atoms with Crippen LogP contribution in [0.3, 0.4) is 0 Å². The third-order valence-electron chi connectivity index (χ3n) is 0.962. The van der Waals surface area contributed by atoms with Gasteiger partial charge in [0.05, 0.1) is 0 Å². The molecule has 0 unspecified atom stereocenters. The Morgan fingerprint density at radius 3 is 2.57 bits per heavy atom. The van der Waals surface area contributed by atoms with Crippen molar-refractivity contribution in [2.75, 3.05) is 13.8 Å². The van der Waals surface area contributed by atoms with Crippen LogP contribution in [-0.4, -0.2) is 32.1 Å². The number of hydrazine groups is 1. The summed E-state index contributed by atoms with van der Waals surface area (Å²) in [5.74, 6) is 0. The first-order valence-electron chi connectivity index (χ1n) is 3.77. The molecule has 0 bridgehead atoms. The van der Waals surface area contributed by atoms with Crippen molar-refractivity contribution in [2.24, 2.45) is 5.10 Å². The quantitative estimate of drug-likeness (QED) is 0.272. The number of amides is 4. The molecule has 0 aromatic carbocycles. The summed E-state index contributed by atoms with van der Waals surface area (Å²) < 4.78 is 4.56. The molecule has 0 rings (SSSR count). The molecule has 0 aliphatic rings. The van der Waals surface area contributed by atoms with Crippen molar-refractivity contribution < 1.29 is 14.3 Å². The summed E-state index contributed by atoms with van der Waals surface area (Å²) in [4.78, 5) is 21.6. The summed E-state index contributed by atoms with van der Waals surface area (Å²) in [5.41, 5.74) is 6.19. The summed E-state index contributed by atoms with van der Waals surface area (Å²) in [5, 5.41) is 5.72. The second-order valence-electron chi connectivity index (χ2n) is 2.02. The van der Waals surface area contributed by atoms with Crippen LogP contribution in [0.15, 0.2) is 5.10 Å². The van der Waals surface area contributed by atoms with Crippen LogP contribution in [0, 0.1) is 0 Å². The maximum atomic E-state index is 10.8. The van der Waals surface area contributed by atoms with E-state index in [4.69, 9.17) is 0 Å². The molecule has 0 atom stereocenters. The van der Waals surface area contributed by atoms with E-state index in [9.17, 15) is 9.59 Å². The van der Waals surface area contributed by atoms with Gasteiger partial charge in [-0.05, 0) is 6.92 Å². The minimum atomic E-state index is -0.643. The zero-order valence-corrected chi connectivity index (χ0v) is 7.96. The number of hydrogen-bond acceptors (Lipinski definition) is 4. The second-order valence-corrected chi connectivity index (χ2v) is 2.02. The van der Waals surface area contributed by atoms with Gasteiger partial charge in [-0.3, -0.25) is 0 Å². The van der Waals surface area contributed by atoms with Gasteiger partial charge in [0.25, 0.3) is 0 Å². The van der Waals surface area contributed by atoms with Crippen molar-refractivity contribution in [3.63, 3.8) is 0 Å². The van der Waals surface area contributed by atoms with E-state index < -0.39 is 12.1 Å². The van der Waals surface area contributed by atoms with Crippen molar-refractivity contribution in [1.82, 2.24) is 21.6 Å². The first-order chi connectivity index (χ1) is 6.70. The molecule has 14 heavy (non-hydrogen) atoms. The molecular formula is C6H13N5O3. The molecule has 0 fully saturated rings. The Balaban J connectivity index is 3.50. The van der Waals surface area contributed by atoms with E-state index in [1.165, 1.54) is 13.3 Å². The third kappa shape index (κ3) is 6.85. The SMILES string of the molecule is CC=NNC(=O)NNC(=O)NCOC. The first-order valence-corrected chi connectivity index (χ1v) is 3.77. The number of hydrogen-bond donors (Lipinski definition) is 4. The van der Waals surface area contributed by atoms with Gasteiger partial charge < -0.3 is 10.1 Å². The Morgan fingerprint density at radius 1 is 1.36 bits per heavy atom. The lowest BCUT2D eigenvalue weighted by atomic mass is 10.9. The molecule has 8 nitrogen and oxygen atoms in total. The molecule has 0 aliphatic carbocycles. The van der Waals surface area contributed by atoms with Crippen molar-refractivity contribution >= 4 is 18.3 Å². The normalized spacial score (nSPS) is 9.57. The van der Waals surface area contributed by atoms with E-state index in [0.29, 0.717) is 0 Å². The predicted molar refractivity (Wildman–Crippen MR) is 49.4 cm³/mol. The Bertz CT molecular complexity index is 218. The van der Waals surface area contributed by atoms with Gasteiger partial charge in [-0.1, -0.05) is 0 Å². The summed E-state index contributed by atoms with van der Waals surface area (Å²) in [6, 6.07) is -1.22. The summed E-state index contributed by atoms with van der Waals surface area (Å²) in [6.07, 6.45) is 1.39. The average molecular weight is 203 g/mol. The van der Waals surface area contributed by atoms with Crippen molar-refractivity contribution in [1.29, 1.82) is 0 Å². The Kier molecular flexibility index (Phi) is 6.78. The van der Waals surface area contributed by atoms with Crippen LogP contribution in [0.25, 0.3) is 0 Å². The fourth-order valence-electron chi connectivity index (χ4n) is 0.447. The number of hydrazone groups is 1. The second kappa shape index (κ2) is 7.80. The molecule has 80 valence electrons. The maximum absolute atomic E-state index is 10.8. The van der Waals surface area contributed by atoms with E-state index in [-0.39, 0.29) is 6.73 Å². The lowest BCUT2D eigenvalue weighted by Crippen LogP contribution is -2.49. The monoisotopic (exact) mass is 203 g/mol. The van der Waals surface area contributed by atoms with Gasteiger partial charge >= 0.3 is 12.1 Å². The number of methoxy groups -OCH3 is 1. The van der Waals surface area contributed by atoms with Crippen LogP contribution in [-0.2, 0) is 4.74 Å². The van der Waals surface area contributed by atoms with E-state index in [1.54, 1.807) is 6.92 Å². The molecule has 0 spiro atoms. The van der Waals surface area contributed by atoms with Crippen molar-refractivity contribution in [3.8, 4) is 0 Å². The number of carbonyl (C=O) groups excluding carboxylic acids is 2. The van der Waals surface area contributed by atoms with Crippen LogP contribution >= 0.6 is 0 Å². The van der Waals surface area contributed by atoms with E-state index in [2.05, 4.69) is 26.0 Å². The van der Waals surface area contributed by atoms with Gasteiger partial charge in [0.2, 0.25) is 0 Å². The third-order valence-corrected chi connectivity index (χ3v) is 0.962. The molecule has 0 radical (unpaired) electrons. The molecule has 4 N–H and O–H groups in total. The molecule has 0 heterocycles. The number of nitrogens with one attached hydrogen (secondary N) is 4. The lowest BCUT2D eigenvalue weighted by molar-refractivity contribution is 0.170. The van der Waals surface area contributed by atoms with Gasteiger partial charge in [-0.2, -0.15) is 5.10 Å². The Morgan fingerprint density at radius 2 is 2.00 bits per heavy atom. The van der Waals surface area contributed by atoms with Crippen LogP contribution in [0.1, 0.15) is 6.92 Å². The van der Waals surface area contributed by atoms with Crippen LogP contribution in [0.4, 0.5) is 9.59 Å². The minimum Gasteiger partial charge on any atom is -0.364 e. The minimum absolute atomic E-state index is 0.0578. The summed E-state index contributed by atoms with van der Waals surface area (Å²) >= 11 is 0. The van der Waals surface area contributed by atoms with E-state index in [1.807, 2.05) is 5.43 Å². The topological polar surface area (TPSA) is 104 Å². The first kappa shape index (κ1) is 12.2. The highest BCUT2D eigenvalue weighted by Gasteiger charge is 2.00. The Labute approximate surface area is 81.0 Å². The highest BCUT2D eigenvalue weighted by Crippen LogP contribution is 1.65. The number of ether oxygens (including phenoxy) is 1. The number of urea groups is 2. The molecule has 8 heteroatoms. The average Bonchev–Trinajstić information content (AvgIpc) is 2.20. The van der Waals surface area contributed by atoms with Gasteiger partial charge in [0.1, 0.15) is 6.73 Å². The molecular weight excluding hydrogens is 190 g/mol. The van der Waals surface area contributed by atoms with Crippen molar-refractivity contribution in [2.45, 2.75) is 6.92 Å². The van der Waals surface area contributed by atoms with Crippen LogP contribution in [0.5, 0.6) is 0 Å². The summed E-state index contributed by atoms with van der Waals surface area (Å²) in [6.45, 7) is 1.70. The van der Waals surface area contributed by atoms with Gasteiger partial charge in [-0.15, -0.1) is 0 Å². The molecule has 0 saturated heterocycles. The predicted octanol–water partition coefficient (Wildman–Crippen LogP) is -0.891. The van der Waals surface area contributed by atoms with E-state index >= 15 is 0 Å². The number of nitrogens with zero attached hydrogens (tertiary/aromatic N) is 1. The van der Waals surface area contributed by atoms with Crippen LogP contribution < -0.4 is 21.6 Å². The fourth-order valence-corrected chi connectivity index (χ4v) is 0.447. The van der Waals surface area contributed by atoms with Crippen molar-refractivity contribution in [3.05, 3.63) is 0 Å². The molecule has 0 aliphatic heterocycles. The molecule has 0 saturated carbocycles. The number of rotatable bonds is 3. The lowest BCUT2D eigenvalue weighted by Gasteiger charge is -2.06. The summed E-state index contributed by atoms with van der Waals surface area (Å²) in [7, 11) is 1.43. The van der Waals surface area contributed by atoms with Gasteiger partial charge in [0, 0.05) is 13.3 Å². The van der Waals surface area contributed by atoms with Gasteiger partial charge in [0.15, 0.2) is 0 Å². The van der Waals surface area contributed by atoms with E-state index in [0.717, 1.165) is 0 Å². The Hall–Kier alpha value is -1.83. The molecule has 0 aromatic rings. The molecule has 0 aromatic heterocycles. The maximum Gasteiger partial charge on any atom is 0.353 e. The zero-order valence-electron chi connectivity index (χ0n) is 7.96. The van der Waals surface area contributed by atoms with Crippen LogP contribution in [0.2, 0.25) is 0 Å². The number of carbonyl (C=O) groups is 2. The largest absolute Gasteiger partial charge is 0.364 e. The standard InChI is InChI=1S/C6H13N5O3/c1-3-8-9-6(13)11-10-5(12)7-4-14-2/h3H,4H2,1-2H3,(H2,7,10,12)(H2,9,11,13). The highest BCUT2D eigenvalue weighted by atomic mass is 16.5. The fraction of sp³-hybridized carbons (Fsp3) is 0.500. The molecule has 4 amide bonds.